The average molecular weight is 365 g/mol. The van der Waals surface area contributed by atoms with Gasteiger partial charge in [-0.3, -0.25) is 14.5 Å². The van der Waals surface area contributed by atoms with Crippen molar-refractivity contribution in [1.82, 2.24) is 14.7 Å². The molecule has 1 unspecified atom stereocenters. The molecule has 3 saturated heterocycles. The number of hydrogen-bond donors (Lipinski definition) is 0. The predicted molar refractivity (Wildman–Crippen MR) is 96.4 cm³/mol. The van der Waals surface area contributed by atoms with E-state index in [-0.39, 0.29) is 35.9 Å². The minimum atomic E-state index is -0.204. The number of amides is 3. The summed E-state index contributed by atoms with van der Waals surface area (Å²) >= 11 is 0. The Bertz CT molecular complexity index is 549. The molecule has 7 nitrogen and oxygen atoms in total. The van der Waals surface area contributed by atoms with E-state index in [9.17, 15) is 14.4 Å². The van der Waals surface area contributed by atoms with Crippen LogP contribution < -0.4 is 0 Å². The predicted octanol–water partition coefficient (Wildman–Crippen LogP) is 1.71. The molecule has 0 spiro atoms. The van der Waals surface area contributed by atoms with Crippen molar-refractivity contribution in [3.63, 3.8) is 0 Å². The Hall–Kier alpha value is -1.79. The molecule has 0 N–H and O–H groups in total. The molecule has 1 atom stereocenters. The third kappa shape index (κ3) is 3.81. The van der Waals surface area contributed by atoms with Crippen LogP contribution >= 0.6 is 0 Å². The van der Waals surface area contributed by atoms with Crippen LogP contribution in [0.5, 0.6) is 0 Å². The summed E-state index contributed by atoms with van der Waals surface area (Å²) in [6.45, 7) is 9.05. The van der Waals surface area contributed by atoms with E-state index < -0.39 is 0 Å². The van der Waals surface area contributed by atoms with Gasteiger partial charge in [-0.15, -0.1) is 0 Å². The number of piperidine rings is 2. The molecule has 0 aromatic carbocycles. The Morgan fingerprint density at radius 2 is 1.58 bits per heavy atom. The van der Waals surface area contributed by atoms with Crippen molar-refractivity contribution in [2.75, 3.05) is 32.8 Å². The molecule has 0 saturated carbocycles. The second kappa shape index (κ2) is 7.84. The van der Waals surface area contributed by atoms with Gasteiger partial charge < -0.3 is 14.5 Å². The fraction of sp³-hybridized carbons (Fsp3) is 0.842. The van der Waals surface area contributed by atoms with E-state index in [1.807, 2.05) is 14.7 Å². The highest BCUT2D eigenvalue weighted by Crippen LogP contribution is 2.29. The first kappa shape index (κ1) is 19.0. The summed E-state index contributed by atoms with van der Waals surface area (Å²) in [5, 5.41) is 0. The van der Waals surface area contributed by atoms with Gasteiger partial charge >= 0.3 is 6.09 Å². The molecule has 3 fully saturated rings. The first-order chi connectivity index (χ1) is 12.4. The SMILES string of the molecule is CC(=O)N1CCC(C(=O)N2CCC(N3C(=O)OCC3C(C)C)CC2)CC1. The van der Waals surface area contributed by atoms with Crippen LogP contribution in [0.1, 0.15) is 46.5 Å². The molecular weight excluding hydrogens is 334 g/mol. The van der Waals surface area contributed by atoms with Crippen LogP contribution in [0, 0.1) is 11.8 Å². The van der Waals surface area contributed by atoms with E-state index >= 15 is 0 Å². The van der Waals surface area contributed by atoms with Crippen molar-refractivity contribution < 1.29 is 19.1 Å². The van der Waals surface area contributed by atoms with E-state index in [0.717, 1.165) is 25.7 Å². The van der Waals surface area contributed by atoms with Gasteiger partial charge in [-0.1, -0.05) is 13.8 Å². The van der Waals surface area contributed by atoms with Crippen LogP contribution in [0.3, 0.4) is 0 Å². The number of likely N-dealkylation sites (tertiary alicyclic amines) is 2. The first-order valence-corrected chi connectivity index (χ1v) is 9.88. The monoisotopic (exact) mass is 365 g/mol. The highest BCUT2D eigenvalue weighted by Gasteiger charge is 2.41. The van der Waals surface area contributed by atoms with E-state index in [0.29, 0.717) is 38.7 Å². The van der Waals surface area contributed by atoms with Crippen LogP contribution in [-0.2, 0) is 14.3 Å². The summed E-state index contributed by atoms with van der Waals surface area (Å²) in [5.74, 6) is 0.708. The van der Waals surface area contributed by atoms with Crippen molar-refractivity contribution in [1.29, 1.82) is 0 Å². The maximum Gasteiger partial charge on any atom is 0.410 e. The fourth-order valence-corrected chi connectivity index (χ4v) is 4.44. The Morgan fingerprint density at radius 1 is 1.00 bits per heavy atom. The Labute approximate surface area is 155 Å². The zero-order valence-corrected chi connectivity index (χ0v) is 16.1. The first-order valence-electron chi connectivity index (χ1n) is 9.88. The molecule has 3 rings (SSSR count). The lowest BCUT2D eigenvalue weighted by Crippen LogP contribution is -2.52. The van der Waals surface area contributed by atoms with E-state index in [1.54, 1.807) is 6.92 Å². The lowest BCUT2D eigenvalue weighted by atomic mass is 9.93. The maximum absolute atomic E-state index is 12.8. The number of rotatable bonds is 3. The second-order valence-corrected chi connectivity index (χ2v) is 8.13. The van der Waals surface area contributed by atoms with Crippen molar-refractivity contribution >= 4 is 17.9 Å². The molecule has 3 aliphatic heterocycles. The van der Waals surface area contributed by atoms with Crippen molar-refractivity contribution in [2.24, 2.45) is 11.8 Å². The molecule has 26 heavy (non-hydrogen) atoms. The Morgan fingerprint density at radius 3 is 2.12 bits per heavy atom. The summed E-state index contributed by atoms with van der Waals surface area (Å²) in [6, 6.07) is 0.312. The van der Waals surface area contributed by atoms with Crippen LogP contribution in [0.15, 0.2) is 0 Å². The quantitative estimate of drug-likeness (QED) is 0.763. The van der Waals surface area contributed by atoms with Gasteiger partial charge in [0.25, 0.3) is 0 Å². The van der Waals surface area contributed by atoms with Crippen LogP contribution in [-0.4, -0.2) is 77.5 Å². The highest BCUT2D eigenvalue weighted by atomic mass is 16.6. The van der Waals surface area contributed by atoms with Gasteiger partial charge in [0.15, 0.2) is 0 Å². The molecule has 3 aliphatic rings. The highest BCUT2D eigenvalue weighted by molar-refractivity contribution is 5.80. The Balaban J connectivity index is 1.51. The Kier molecular flexibility index (Phi) is 5.73. The molecule has 7 heteroatoms. The minimum absolute atomic E-state index is 0.0299. The summed E-state index contributed by atoms with van der Waals surface area (Å²) in [5.41, 5.74) is 0. The molecule has 0 aliphatic carbocycles. The summed E-state index contributed by atoms with van der Waals surface area (Å²) in [4.78, 5) is 42.1. The van der Waals surface area contributed by atoms with Gasteiger partial charge in [-0.25, -0.2) is 4.79 Å². The van der Waals surface area contributed by atoms with E-state index in [1.165, 1.54) is 0 Å². The molecule has 0 bridgehead atoms. The van der Waals surface area contributed by atoms with Crippen molar-refractivity contribution in [3.8, 4) is 0 Å². The zero-order chi connectivity index (χ0) is 18.8. The lowest BCUT2D eigenvalue weighted by molar-refractivity contribution is -0.141. The lowest BCUT2D eigenvalue weighted by Gasteiger charge is -2.40. The van der Waals surface area contributed by atoms with Gasteiger partial charge in [-0.05, 0) is 31.6 Å². The molecule has 0 radical (unpaired) electrons. The number of cyclic esters (lactones) is 1. The largest absolute Gasteiger partial charge is 0.447 e. The number of nitrogens with zero attached hydrogens (tertiary/aromatic N) is 3. The number of carbonyl (C=O) groups is 3. The summed E-state index contributed by atoms with van der Waals surface area (Å²) in [7, 11) is 0. The zero-order valence-electron chi connectivity index (χ0n) is 16.1. The number of ether oxygens (including phenoxy) is 1. The van der Waals surface area contributed by atoms with E-state index in [4.69, 9.17) is 4.74 Å². The van der Waals surface area contributed by atoms with Crippen molar-refractivity contribution in [2.45, 2.75) is 58.5 Å². The molecule has 0 aromatic rings. The van der Waals surface area contributed by atoms with Crippen LogP contribution in [0.4, 0.5) is 4.79 Å². The summed E-state index contributed by atoms with van der Waals surface area (Å²) < 4.78 is 5.27. The third-order valence-electron chi connectivity index (χ3n) is 6.17. The second-order valence-electron chi connectivity index (χ2n) is 8.13. The normalized spacial score (nSPS) is 25.8. The van der Waals surface area contributed by atoms with Gasteiger partial charge in [0, 0.05) is 45.1 Å². The molecule has 3 amide bonds. The topological polar surface area (TPSA) is 70.2 Å². The van der Waals surface area contributed by atoms with Gasteiger partial charge in [0.2, 0.25) is 11.8 Å². The minimum Gasteiger partial charge on any atom is -0.447 e. The van der Waals surface area contributed by atoms with E-state index in [2.05, 4.69) is 13.8 Å². The van der Waals surface area contributed by atoms with Crippen LogP contribution in [0.2, 0.25) is 0 Å². The van der Waals surface area contributed by atoms with Gasteiger partial charge in [-0.2, -0.15) is 0 Å². The molecule has 3 heterocycles. The standard InChI is InChI=1S/C19H31N3O4/c1-13(2)17-12-26-19(25)22(17)16-6-10-21(11-7-16)18(24)15-4-8-20(9-5-15)14(3)23/h13,15-17H,4-12H2,1-3H3. The molecule has 0 aromatic heterocycles. The van der Waals surface area contributed by atoms with Crippen LogP contribution in [0.25, 0.3) is 0 Å². The average Bonchev–Trinajstić information content (AvgIpc) is 3.03. The molecular formula is C19H31N3O4. The third-order valence-corrected chi connectivity index (χ3v) is 6.17. The van der Waals surface area contributed by atoms with Gasteiger partial charge in [0.05, 0.1) is 6.04 Å². The fourth-order valence-electron chi connectivity index (χ4n) is 4.44. The number of carbonyl (C=O) groups excluding carboxylic acids is 3. The number of hydrogen-bond acceptors (Lipinski definition) is 4. The van der Waals surface area contributed by atoms with Gasteiger partial charge in [0.1, 0.15) is 6.61 Å². The maximum atomic E-state index is 12.8. The van der Waals surface area contributed by atoms with Crippen molar-refractivity contribution in [3.05, 3.63) is 0 Å². The smallest absolute Gasteiger partial charge is 0.410 e. The molecule has 146 valence electrons. The summed E-state index contributed by atoms with van der Waals surface area (Å²) in [6.07, 6.45) is 2.94.